The minimum Gasteiger partial charge on any atom is -0.423 e. The molecule has 1 aromatic carbocycles. The van der Waals surface area contributed by atoms with E-state index in [9.17, 15) is 10.1 Å². The van der Waals surface area contributed by atoms with Crippen LogP contribution < -0.4 is 5.46 Å². The Balaban J connectivity index is 2.94. The average Bonchev–Trinajstić information content (AvgIpc) is 2.26. The molecule has 1 rings (SSSR count). The normalized spacial score (nSPS) is 12.1. The van der Waals surface area contributed by atoms with Crippen molar-refractivity contribution in [3.8, 4) is 6.07 Å². The molecule has 0 heterocycles. The van der Waals surface area contributed by atoms with Gasteiger partial charge in [-0.2, -0.15) is 5.26 Å². The van der Waals surface area contributed by atoms with Crippen LogP contribution in [-0.2, 0) is 4.65 Å². The summed E-state index contributed by atoms with van der Waals surface area (Å²) in [6.07, 6.45) is 0. The van der Waals surface area contributed by atoms with Crippen molar-refractivity contribution in [2.45, 2.75) is 38.9 Å². The summed E-state index contributed by atoms with van der Waals surface area (Å²) in [5, 5.41) is 29.0. The molecule has 0 bridgehead atoms. The summed E-state index contributed by atoms with van der Waals surface area (Å²) in [5.74, 6) is 0. The Kier molecular flexibility index (Phi) is 4.65. The monoisotopic (exact) mass is 281 g/mol. The van der Waals surface area contributed by atoms with E-state index in [0.717, 1.165) is 0 Å². The predicted molar refractivity (Wildman–Crippen MR) is 75.2 cm³/mol. The van der Waals surface area contributed by atoms with E-state index >= 15 is 0 Å². The maximum Gasteiger partial charge on any atom is 0.491 e. The maximum absolute atomic E-state index is 10.0. The molecule has 1 aromatic rings. The summed E-state index contributed by atoms with van der Waals surface area (Å²) >= 11 is 5.90. The molecule has 102 valence electrons. The number of nitrogens with zero attached hydrogens (tertiary/aromatic N) is 1. The molecule has 0 saturated heterocycles. The van der Waals surface area contributed by atoms with E-state index in [1.165, 1.54) is 12.1 Å². The Morgan fingerprint density at radius 2 is 1.89 bits per heavy atom. The third-order valence-corrected chi connectivity index (χ3v) is 3.59. The van der Waals surface area contributed by atoms with Crippen molar-refractivity contribution in [1.29, 1.82) is 5.26 Å². The average molecular weight is 282 g/mol. The molecule has 19 heavy (non-hydrogen) atoms. The smallest absolute Gasteiger partial charge is 0.423 e. The summed E-state index contributed by atoms with van der Waals surface area (Å²) in [4.78, 5) is 0. The van der Waals surface area contributed by atoms with Crippen molar-refractivity contribution < 1.29 is 14.8 Å². The molecule has 0 spiro atoms. The zero-order valence-electron chi connectivity index (χ0n) is 11.4. The van der Waals surface area contributed by atoms with E-state index in [2.05, 4.69) is 0 Å². The van der Waals surface area contributed by atoms with Crippen molar-refractivity contribution in [3.05, 3.63) is 28.8 Å². The van der Waals surface area contributed by atoms with Gasteiger partial charge < -0.3 is 14.8 Å². The second-order valence-corrected chi connectivity index (χ2v) is 5.80. The lowest BCUT2D eigenvalue weighted by atomic mass is 9.76. The molecule has 0 saturated carbocycles. The number of benzene rings is 1. The quantitative estimate of drug-likeness (QED) is 0.820. The molecule has 0 aliphatic carbocycles. The maximum atomic E-state index is 10.0. The summed E-state index contributed by atoms with van der Waals surface area (Å²) in [5.41, 5.74) is -1.31. The van der Waals surface area contributed by atoms with Gasteiger partial charge in [-0.05, 0) is 45.3 Å². The molecule has 0 atom stereocenters. The fourth-order valence-electron chi connectivity index (χ4n) is 1.27. The van der Waals surface area contributed by atoms with Crippen LogP contribution in [0, 0.1) is 11.3 Å². The standard InChI is InChI=1S/C13H17BClNO3/c1-12(2,17)13(3,4)19-14(18)10-6-5-9(8-16)11(15)7-10/h5-7,17-18H,1-4H3. The predicted octanol–water partition coefficient (Wildman–Crippen LogP) is 1.47. The Morgan fingerprint density at radius 3 is 2.32 bits per heavy atom. The lowest BCUT2D eigenvalue weighted by molar-refractivity contribution is -0.0982. The van der Waals surface area contributed by atoms with Gasteiger partial charge in [0.15, 0.2) is 0 Å². The van der Waals surface area contributed by atoms with Crippen LogP contribution in [0.4, 0.5) is 0 Å². The summed E-state index contributed by atoms with van der Waals surface area (Å²) in [7, 11) is -1.23. The minimum absolute atomic E-state index is 0.253. The topological polar surface area (TPSA) is 73.5 Å². The summed E-state index contributed by atoms with van der Waals surface area (Å²) in [6.45, 7) is 6.57. The van der Waals surface area contributed by atoms with Crippen LogP contribution in [-0.4, -0.2) is 28.5 Å². The van der Waals surface area contributed by atoms with Gasteiger partial charge in [-0.15, -0.1) is 0 Å². The Bertz CT molecular complexity index is 506. The third-order valence-electron chi connectivity index (χ3n) is 3.28. The molecule has 0 radical (unpaired) electrons. The number of rotatable bonds is 4. The van der Waals surface area contributed by atoms with Crippen molar-refractivity contribution in [2.24, 2.45) is 0 Å². The Hall–Kier alpha value is -1.06. The SMILES string of the molecule is CC(C)(O)C(C)(C)OB(O)c1ccc(C#N)c(Cl)c1. The molecular weight excluding hydrogens is 264 g/mol. The molecule has 0 aliphatic heterocycles. The van der Waals surface area contributed by atoms with Crippen LogP contribution in [0.2, 0.25) is 5.02 Å². The van der Waals surface area contributed by atoms with Crippen LogP contribution in [0.5, 0.6) is 0 Å². The molecule has 0 aliphatic rings. The fraction of sp³-hybridized carbons (Fsp3) is 0.462. The number of hydrogen-bond donors (Lipinski definition) is 2. The van der Waals surface area contributed by atoms with Crippen LogP contribution >= 0.6 is 11.6 Å². The first-order chi connectivity index (χ1) is 8.58. The van der Waals surface area contributed by atoms with E-state index in [1.807, 2.05) is 6.07 Å². The van der Waals surface area contributed by atoms with Crippen molar-refractivity contribution in [2.75, 3.05) is 0 Å². The lowest BCUT2D eigenvalue weighted by Crippen LogP contribution is -2.53. The first-order valence-electron chi connectivity index (χ1n) is 5.86. The van der Waals surface area contributed by atoms with Gasteiger partial charge in [0.25, 0.3) is 0 Å². The second kappa shape index (κ2) is 5.52. The van der Waals surface area contributed by atoms with E-state index in [0.29, 0.717) is 11.0 Å². The molecule has 0 unspecified atom stereocenters. The highest BCUT2D eigenvalue weighted by atomic mass is 35.5. The molecule has 2 N–H and O–H groups in total. The van der Waals surface area contributed by atoms with Crippen molar-refractivity contribution >= 4 is 24.2 Å². The number of aliphatic hydroxyl groups is 1. The van der Waals surface area contributed by atoms with E-state index in [-0.39, 0.29) is 5.02 Å². The van der Waals surface area contributed by atoms with Gasteiger partial charge in [0.2, 0.25) is 0 Å². The van der Waals surface area contributed by atoms with Gasteiger partial charge in [-0.1, -0.05) is 17.7 Å². The van der Waals surface area contributed by atoms with Gasteiger partial charge in [0, 0.05) is 0 Å². The van der Waals surface area contributed by atoms with Crippen molar-refractivity contribution in [3.63, 3.8) is 0 Å². The molecule has 6 heteroatoms. The van der Waals surface area contributed by atoms with Crippen LogP contribution in [0.25, 0.3) is 0 Å². The largest absolute Gasteiger partial charge is 0.491 e. The molecule has 0 fully saturated rings. The zero-order valence-corrected chi connectivity index (χ0v) is 12.2. The number of hydrogen-bond acceptors (Lipinski definition) is 4. The lowest BCUT2D eigenvalue weighted by Gasteiger charge is -2.38. The Morgan fingerprint density at radius 1 is 1.32 bits per heavy atom. The molecule has 0 aromatic heterocycles. The van der Waals surface area contributed by atoms with Gasteiger partial charge in [-0.25, -0.2) is 0 Å². The zero-order chi connectivity index (χ0) is 14.8. The molecular formula is C13H17BClNO3. The number of halogens is 1. The summed E-state index contributed by atoms with van der Waals surface area (Å²) < 4.78 is 5.48. The van der Waals surface area contributed by atoms with E-state index < -0.39 is 18.3 Å². The Labute approximate surface area is 118 Å². The third kappa shape index (κ3) is 3.71. The van der Waals surface area contributed by atoms with Crippen LogP contribution in [0.15, 0.2) is 18.2 Å². The first kappa shape index (κ1) is 16.0. The highest BCUT2D eigenvalue weighted by Crippen LogP contribution is 2.25. The van der Waals surface area contributed by atoms with Gasteiger partial charge >= 0.3 is 7.12 Å². The highest BCUT2D eigenvalue weighted by Gasteiger charge is 2.39. The number of nitriles is 1. The first-order valence-corrected chi connectivity index (χ1v) is 6.24. The molecule has 4 nitrogen and oxygen atoms in total. The van der Waals surface area contributed by atoms with E-state index in [4.69, 9.17) is 21.5 Å². The van der Waals surface area contributed by atoms with Crippen LogP contribution in [0.1, 0.15) is 33.3 Å². The van der Waals surface area contributed by atoms with E-state index in [1.54, 1.807) is 33.8 Å². The highest BCUT2D eigenvalue weighted by molar-refractivity contribution is 6.60. The van der Waals surface area contributed by atoms with Gasteiger partial charge in [0.05, 0.1) is 21.8 Å². The van der Waals surface area contributed by atoms with Gasteiger partial charge in [-0.3, -0.25) is 0 Å². The molecule has 0 amide bonds. The summed E-state index contributed by atoms with van der Waals surface area (Å²) in [6, 6.07) is 6.50. The van der Waals surface area contributed by atoms with Crippen LogP contribution in [0.3, 0.4) is 0 Å². The second-order valence-electron chi connectivity index (χ2n) is 5.39. The van der Waals surface area contributed by atoms with Crippen molar-refractivity contribution in [1.82, 2.24) is 0 Å². The minimum atomic E-state index is -1.23. The fourth-order valence-corrected chi connectivity index (χ4v) is 1.50. The van der Waals surface area contributed by atoms with Gasteiger partial charge in [0.1, 0.15) is 6.07 Å².